The highest BCUT2D eigenvalue weighted by atomic mass is 32.2. The molecule has 0 bridgehead atoms. The highest BCUT2D eigenvalue weighted by molar-refractivity contribution is 8.00. The molecule has 2 heterocycles. The van der Waals surface area contributed by atoms with E-state index in [4.69, 9.17) is 38.7 Å². The van der Waals surface area contributed by atoms with Crippen molar-refractivity contribution in [1.82, 2.24) is 15.5 Å². The van der Waals surface area contributed by atoms with Gasteiger partial charge in [0.25, 0.3) is 0 Å². The number of azide groups is 1. The molecule has 48 heavy (non-hydrogen) atoms. The minimum Gasteiger partial charge on any atom is -0.469 e. The number of carbonyl (C=O) groups excluding carboxylic acids is 3. The van der Waals surface area contributed by atoms with Crippen molar-refractivity contribution in [2.75, 3.05) is 125 Å². The number of ether oxygens (including phenoxy) is 8. The molecule has 0 aromatic carbocycles. The number of thioether (sulfide) groups is 1. The predicted molar refractivity (Wildman–Crippen MR) is 177 cm³/mol. The van der Waals surface area contributed by atoms with Crippen molar-refractivity contribution < 1.29 is 52.3 Å². The fourth-order valence-electron chi connectivity index (χ4n) is 4.84. The Balaban J connectivity index is 1.55. The van der Waals surface area contributed by atoms with E-state index in [2.05, 4.69) is 25.4 Å². The molecule has 0 radical (unpaired) electrons. The van der Waals surface area contributed by atoms with Crippen LogP contribution in [0.5, 0.6) is 0 Å². The van der Waals surface area contributed by atoms with Crippen LogP contribution in [0.4, 0.5) is 4.79 Å². The van der Waals surface area contributed by atoms with E-state index >= 15 is 0 Å². The third-order valence-electron chi connectivity index (χ3n) is 7.37. The van der Waals surface area contributed by atoms with Crippen LogP contribution in [0, 0.1) is 0 Å². The summed E-state index contributed by atoms with van der Waals surface area (Å²) in [5, 5.41) is 9.75. The normalized spacial score (nSPS) is 18.2. The van der Waals surface area contributed by atoms with Crippen LogP contribution >= 0.6 is 11.8 Å². The van der Waals surface area contributed by atoms with E-state index in [0.717, 1.165) is 25.0 Å². The first kappa shape index (κ1) is 41.8. The van der Waals surface area contributed by atoms with Crippen molar-refractivity contribution in [1.29, 1.82) is 0 Å². The summed E-state index contributed by atoms with van der Waals surface area (Å²) in [6, 6.07) is 0.290. The van der Waals surface area contributed by atoms with Gasteiger partial charge in [0, 0.05) is 42.0 Å². The molecule has 0 aliphatic carbocycles. The molecule has 0 aromatic heterocycles. The quantitative estimate of drug-likeness (QED) is 0.0256. The van der Waals surface area contributed by atoms with Gasteiger partial charge in [0.15, 0.2) is 0 Å². The molecule has 2 N–H and O–H groups in total. The fourth-order valence-corrected chi connectivity index (χ4v) is 6.39. The van der Waals surface area contributed by atoms with Gasteiger partial charge in [-0.2, -0.15) is 11.8 Å². The summed E-state index contributed by atoms with van der Waals surface area (Å²) >= 11 is 1.88. The van der Waals surface area contributed by atoms with E-state index in [1.807, 2.05) is 11.8 Å². The second kappa shape index (κ2) is 28.4. The topological polar surface area (TPSA) is 201 Å². The fraction of sp³-hybridized carbons (Fsp3) is 0.900. The number of fused-ring (bicyclic) bond motifs is 1. The Hall–Kier alpha value is -2.41. The Labute approximate surface area is 287 Å². The summed E-state index contributed by atoms with van der Waals surface area (Å²) in [6.45, 7) is 6.69. The number of rotatable bonds is 32. The molecule has 3 amide bonds. The predicted octanol–water partition coefficient (Wildman–Crippen LogP) is 1.53. The largest absolute Gasteiger partial charge is 0.469 e. The zero-order valence-electron chi connectivity index (χ0n) is 28.2. The molecule has 0 aromatic rings. The molecule has 0 unspecified atom stereocenters. The van der Waals surface area contributed by atoms with E-state index < -0.39 is 0 Å². The summed E-state index contributed by atoms with van der Waals surface area (Å²) in [5.74, 6) is 0.681. The number of nitrogens with one attached hydrogen (secondary N) is 2. The highest BCUT2D eigenvalue weighted by Gasteiger charge is 2.42. The second-order valence-electron chi connectivity index (χ2n) is 10.8. The molecule has 0 saturated carbocycles. The maximum atomic E-state index is 13.1. The summed E-state index contributed by atoms with van der Waals surface area (Å²) in [5.41, 5.74) is 8.24. The third-order valence-corrected chi connectivity index (χ3v) is 8.88. The molecular formula is C30H54N6O11S. The molecule has 18 heteroatoms. The zero-order valence-corrected chi connectivity index (χ0v) is 29.0. The number of urea groups is 1. The first-order chi connectivity index (χ1) is 23.5. The molecule has 17 nitrogen and oxygen atoms in total. The second-order valence-corrected chi connectivity index (χ2v) is 12.1. The number of esters is 1. The minimum absolute atomic E-state index is 0.0618. The van der Waals surface area contributed by atoms with Crippen molar-refractivity contribution in [2.24, 2.45) is 5.11 Å². The lowest BCUT2D eigenvalue weighted by molar-refractivity contribution is -0.142. The summed E-state index contributed by atoms with van der Waals surface area (Å²) in [7, 11) is 1.34. The number of amides is 3. The van der Waals surface area contributed by atoms with E-state index in [9.17, 15) is 14.4 Å². The van der Waals surface area contributed by atoms with E-state index in [-0.39, 0.29) is 36.4 Å². The van der Waals surface area contributed by atoms with Gasteiger partial charge < -0.3 is 53.4 Å². The van der Waals surface area contributed by atoms with Gasteiger partial charge in [0.2, 0.25) is 5.91 Å². The van der Waals surface area contributed by atoms with Gasteiger partial charge in [-0.3, -0.25) is 9.59 Å². The van der Waals surface area contributed by atoms with Crippen molar-refractivity contribution in [3.8, 4) is 0 Å². The maximum absolute atomic E-state index is 13.1. The molecular weight excluding hydrogens is 652 g/mol. The summed E-state index contributed by atoms with van der Waals surface area (Å²) in [6.07, 6.45) is 3.32. The number of methoxy groups -OCH3 is 1. The summed E-state index contributed by atoms with van der Waals surface area (Å²) < 4.78 is 43.0. The van der Waals surface area contributed by atoms with Crippen LogP contribution in [0.25, 0.3) is 10.4 Å². The average Bonchev–Trinajstić information content (AvgIpc) is 3.64. The van der Waals surface area contributed by atoms with Crippen LogP contribution in [-0.4, -0.2) is 165 Å². The maximum Gasteiger partial charge on any atom is 0.315 e. The van der Waals surface area contributed by atoms with Crippen molar-refractivity contribution in [2.45, 2.75) is 49.4 Å². The first-order valence-electron chi connectivity index (χ1n) is 16.6. The van der Waals surface area contributed by atoms with Crippen LogP contribution in [0.15, 0.2) is 5.11 Å². The van der Waals surface area contributed by atoms with Crippen molar-refractivity contribution >= 4 is 29.7 Å². The van der Waals surface area contributed by atoms with Gasteiger partial charge in [-0.15, -0.1) is 0 Å². The smallest absolute Gasteiger partial charge is 0.315 e. The van der Waals surface area contributed by atoms with Crippen LogP contribution in [-0.2, 0) is 47.5 Å². The van der Waals surface area contributed by atoms with Gasteiger partial charge in [0.1, 0.15) is 0 Å². The number of hydrogen-bond donors (Lipinski definition) is 2. The number of carbonyl (C=O) groups is 3. The Morgan fingerprint density at radius 3 is 1.90 bits per heavy atom. The monoisotopic (exact) mass is 706 g/mol. The lowest BCUT2D eigenvalue weighted by Gasteiger charge is -2.23. The van der Waals surface area contributed by atoms with Crippen LogP contribution in [0.2, 0.25) is 0 Å². The Kier molecular flexibility index (Phi) is 24.7. The molecule has 2 aliphatic rings. The average molecular weight is 707 g/mol. The van der Waals surface area contributed by atoms with Crippen LogP contribution < -0.4 is 10.6 Å². The SMILES string of the molecule is COC(=O)CCOCCOCCOCCOCCN(CCOCCOCCOCCN=[N+]=[N-])C(=O)CCCC[C@@H]1SC[C@H]2NC(=O)N[C@@H]12. The molecule has 2 saturated heterocycles. The molecule has 0 spiro atoms. The minimum atomic E-state index is -0.305. The molecule has 2 rings (SSSR count). The Morgan fingerprint density at radius 1 is 0.792 bits per heavy atom. The van der Waals surface area contributed by atoms with Crippen LogP contribution in [0.3, 0.4) is 0 Å². The molecule has 3 atom stereocenters. The van der Waals surface area contributed by atoms with E-state index in [1.165, 1.54) is 7.11 Å². The lowest BCUT2D eigenvalue weighted by Crippen LogP contribution is -2.37. The number of nitrogens with zero attached hydrogens (tertiary/aromatic N) is 4. The first-order valence-corrected chi connectivity index (χ1v) is 17.7. The third kappa shape index (κ3) is 20.2. The van der Waals surface area contributed by atoms with E-state index in [1.54, 1.807) is 4.90 Å². The molecule has 2 fully saturated rings. The van der Waals surface area contributed by atoms with Crippen molar-refractivity contribution in [3.63, 3.8) is 0 Å². The Morgan fingerprint density at radius 2 is 1.33 bits per heavy atom. The molecule has 276 valence electrons. The standard InChI is InChI=1S/C30H54N6O11S/c1-40-28(38)6-10-41-14-18-45-22-23-47-21-17-44-13-9-36(8-12-43-16-20-46-19-15-42-11-7-32-35-31)27(37)5-3-2-4-26-29-25(24-48-26)33-30(39)34-29/h25-26,29H,2-24H2,1H3,(H2,33,34,39)/t25-,26+,29-/m1/s1. The lowest BCUT2D eigenvalue weighted by atomic mass is 10.0. The number of hydrogen-bond acceptors (Lipinski definition) is 13. The van der Waals surface area contributed by atoms with Gasteiger partial charge in [-0.1, -0.05) is 11.5 Å². The van der Waals surface area contributed by atoms with Gasteiger partial charge in [-0.25, -0.2) is 4.79 Å². The summed E-state index contributed by atoms with van der Waals surface area (Å²) in [4.78, 5) is 40.2. The highest BCUT2D eigenvalue weighted by Crippen LogP contribution is 2.33. The Bertz CT molecular complexity index is 934. The molecule has 2 aliphatic heterocycles. The van der Waals surface area contributed by atoms with Crippen LogP contribution in [0.1, 0.15) is 32.1 Å². The van der Waals surface area contributed by atoms with Gasteiger partial charge in [0.05, 0.1) is 118 Å². The van der Waals surface area contributed by atoms with Gasteiger partial charge in [-0.05, 0) is 18.4 Å². The van der Waals surface area contributed by atoms with Crippen molar-refractivity contribution in [3.05, 3.63) is 10.4 Å². The zero-order chi connectivity index (χ0) is 34.5. The van der Waals surface area contributed by atoms with E-state index in [0.29, 0.717) is 124 Å². The number of unbranched alkanes of at least 4 members (excludes halogenated alkanes) is 1. The van der Waals surface area contributed by atoms with Gasteiger partial charge >= 0.3 is 12.0 Å².